The van der Waals surface area contributed by atoms with Crippen molar-refractivity contribution in [2.24, 2.45) is 5.14 Å². The zero-order chi connectivity index (χ0) is 33.2. The topological polar surface area (TPSA) is 160 Å². The molecule has 0 fully saturated rings. The minimum atomic E-state index is -3.87. The van der Waals surface area contributed by atoms with Crippen molar-refractivity contribution in [2.45, 2.75) is 15.0 Å². The first-order valence-corrected chi connectivity index (χ1v) is 16.6. The van der Waals surface area contributed by atoms with Gasteiger partial charge in [-0.3, -0.25) is 19.4 Å². The maximum Gasteiger partial charge on any atom is 0.272 e. The van der Waals surface area contributed by atoms with Crippen molar-refractivity contribution < 1.29 is 22.8 Å². The van der Waals surface area contributed by atoms with Crippen LogP contribution in [0.1, 0.15) is 26.7 Å². The number of carbonyl (C=O) groups excluding carboxylic acids is 3. The van der Waals surface area contributed by atoms with E-state index in [1.165, 1.54) is 42.1 Å². The van der Waals surface area contributed by atoms with Gasteiger partial charge in [0.25, 0.3) is 11.8 Å². The molecule has 0 radical (unpaired) electrons. The number of hydrogen-bond donors (Lipinski definition) is 4. The predicted molar refractivity (Wildman–Crippen MR) is 183 cm³/mol. The van der Waals surface area contributed by atoms with Crippen molar-refractivity contribution in [3.63, 3.8) is 0 Å². The maximum absolute atomic E-state index is 13.5. The Hall–Kier alpha value is -5.56. The highest BCUT2D eigenvalue weighted by Gasteiger charge is 2.23. The van der Waals surface area contributed by atoms with Gasteiger partial charge in [-0.1, -0.05) is 60.7 Å². The van der Waals surface area contributed by atoms with Crippen LogP contribution >= 0.6 is 11.8 Å². The van der Waals surface area contributed by atoms with E-state index in [9.17, 15) is 22.8 Å². The second-order valence-corrected chi connectivity index (χ2v) is 12.9. The molecular weight excluding hydrogens is 635 g/mol. The molecule has 0 saturated heterocycles. The third kappa shape index (κ3) is 9.23. The van der Waals surface area contributed by atoms with E-state index in [0.29, 0.717) is 27.4 Å². The average molecular weight is 664 g/mol. The molecule has 5 rings (SSSR count). The van der Waals surface area contributed by atoms with Crippen LogP contribution in [0.25, 0.3) is 6.08 Å². The van der Waals surface area contributed by atoms with E-state index < -0.39 is 27.1 Å². The molecular formula is C35H29N5O5S2. The Labute approximate surface area is 276 Å². The summed E-state index contributed by atoms with van der Waals surface area (Å²) in [6.07, 6.45) is 4.71. The highest BCUT2D eigenvalue weighted by atomic mass is 32.2. The average Bonchev–Trinajstić information content (AvgIpc) is 3.08. The molecule has 5 N–H and O–H groups in total. The molecule has 0 aliphatic heterocycles. The van der Waals surface area contributed by atoms with Crippen molar-refractivity contribution >= 4 is 57.0 Å². The summed E-state index contributed by atoms with van der Waals surface area (Å²) < 4.78 is 23.2. The Morgan fingerprint density at radius 3 is 2.13 bits per heavy atom. The van der Waals surface area contributed by atoms with Gasteiger partial charge in [0.1, 0.15) is 10.9 Å². The molecule has 0 aliphatic carbocycles. The molecule has 10 nitrogen and oxygen atoms in total. The van der Waals surface area contributed by atoms with Crippen LogP contribution in [0.5, 0.6) is 0 Å². The molecule has 4 aromatic carbocycles. The highest BCUT2D eigenvalue weighted by Crippen LogP contribution is 2.37. The Morgan fingerprint density at radius 1 is 0.766 bits per heavy atom. The quantitative estimate of drug-likeness (QED) is 0.106. The molecule has 0 bridgehead atoms. The smallest absolute Gasteiger partial charge is 0.272 e. The summed E-state index contributed by atoms with van der Waals surface area (Å²) >= 11 is 1.26. The normalized spacial score (nSPS) is 12.1. The fraction of sp³-hybridized carbons (Fsp3) is 0.0286. The fourth-order valence-electron chi connectivity index (χ4n) is 4.39. The number of carbonyl (C=O) groups is 3. The van der Waals surface area contributed by atoms with Gasteiger partial charge in [-0.25, -0.2) is 13.6 Å². The van der Waals surface area contributed by atoms with E-state index >= 15 is 0 Å². The number of nitrogens with one attached hydrogen (secondary N) is 3. The first-order chi connectivity index (χ1) is 22.7. The summed E-state index contributed by atoms with van der Waals surface area (Å²) in [5.41, 5.74) is 2.59. The third-order valence-corrected chi connectivity index (χ3v) is 8.84. The van der Waals surface area contributed by atoms with Crippen LogP contribution in [0, 0.1) is 0 Å². The van der Waals surface area contributed by atoms with Gasteiger partial charge in [0, 0.05) is 34.2 Å². The molecule has 47 heavy (non-hydrogen) atoms. The van der Waals surface area contributed by atoms with Crippen LogP contribution in [0.4, 0.5) is 11.4 Å². The first-order valence-electron chi connectivity index (χ1n) is 14.2. The van der Waals surface area contributed by atoms with E-state index in [1.807, 2.05) is 36.4 Å². The lowest BCUT2D eigenvalue weighted by atomic mass is 10.1. The van der Waals surface area contributed by atoms with Crippen molar-refractivity contribution in [1.29, 1.82) is 0 Å². The van der Waals surface area contributed by atoms with E-state index in [0.717, 1.165) is 5.56 Å². The summed E-state index contributed by atoms with van der Waals surface area (Å²) in [5.74, 6) is -1.35. The van der Waals surface area contributed by atoms with Crippen LogP contribution < -0.4 is 21.1 Å². The Kier molecular flexibility index (Phi) is 10.6. The van der Waals surface area contributed by atoms with Crippen LogP contribution in [-0.4, -0.2) is 31.1 Å². The second kappa shape index (κ2) is 15.1. The van der Waals surface area contributed by atoms with Gasteiger partial charge in [-0.15, -0.1) is 11.8 Å². The minimum Gasteiger partial charge on any atom is -0.325 e. The molecule has 0 spiro atoms. The number of aromatic nitrogens is 1. The molecule has 12 heteroatoms. The number of sulfonamides is 1. The van der Waals surface area contributed by atoms with Gasteiger partial charge in [0.05, 0.1) is 4.90 Å². The zero-order valence-corrected chi connectivity index (χ0v) is 26.4. The molecule has 0 aliphatic rings. The molecule has 1 atom stereocenters. The predicted octanol–water partition coefficient (Wildman–Crippen LogP) is 5.61. The van der Waals surface area contributed by atoms with Crippen LogP contribution in [-0.2, 0) is 19.6 Å². The fourth-order valence-corrected chi connectivity index (χ4v) is 5.99. The Morgan fingerprint density at radius 2 is 1.47 bits per heavy atom. The summed E-state index contributed by atoms with van der Waals surface area (Å²) in [4.78, 5) is 44.7. The van der Waals surface area contributed by atoms with E-state index in [2.05, 4.69) is 20.9 Å². The summed E-state index contributed by atoms with van der Waals surface area (Å²) in [5, 5.41) is 12.9. The van der Waals surface area contributed by atoms with Gasteiger partial charge in [-0.2, -0.15) is 0 Å². The molecule has 1 unspecified atom stereocenters. The van der Waals surface area contributed by atoms with Gasteiger partial charge >= 0.3 is 0 Å². The summed E-state index contributed by atoms with van der Waals surface area (Å²) in [6, 6.07) is 33.8. The Bertz CT molecular complexity index is 2010. The molecule has 0 saturated carbocycles. The molecule has 5 aromatic rings. The number of anilines is 2. The van der Waals surface area contributed by atoms with Crippen molar-refractivity contribution in [3.8, 4) is 0 Å². The lowest BCUT2D eigenvalue weighted by molar-refractivity contribution is -0.116. The van der Waals surface area contributed by atoms with Gasteiger partial charge in [0.2, 0.25) is 15.9 Å². The van der Waals surface area contributed by atoms with E-state index in [-0.39, 0.29) is 16.5 Å². The summed E-state index contributed by atoms with van der Waals surface area (Å²) in [6.45, 7) is 0. The molecule has 1 aromatic heterocycles. The largest absolute Gasteiger partial charge is 0.325 e. The number of nitrogens with zero attached hydrogens (tertiary/aromatic N) is 1. The minimum absolute atomic E-state index is 0.0138. The van der Waals surface area contributed by atoms with Crippen molar-refractivity contribution in [1.82, 2.24) is 10.3 Å². The second-order valence-electron chi connectivity index (χ2n) is 10.1. The monoisotopic (exact) mass is 663 g/mol. The maximum atomic E-state index is 13.5. The number of nitrogens with two attached hydrogens (primary N) is 1. The lowest BCUT2D eigenvalue weighted by Crippen LogP contribution is -2.30. The van der Waals surface area contributed by atoms with Crippen LogP contribution in [0.15, 0.2) is 149 Å². The number of pyridine rings is 1. The lowest BCUT2D eigenvalue weighted by Gasteiger charge is -2.18. The number of primary sulfonamides is 1. The van der Waals surface area contributed by atoms with Gasteiger partial charge in [-0.05, 0) is 77.9 Å². The molecule has 1 heterocycles. The van der Waals surface area contributed by atoms with E-state index in [4.69, 9.17) is 5.14 Å². The van der Waals surface area contributed by atoms with Crippen LogP contribution in [0.3, 0.4) is 0 Å². The van der Waals surface area contributed by atoms with Crippen LogP contribution in [0.2, 0.25) is 0 Å². The number of benzene rings is 4. The number of rotatable bonds is 11. The highest BCUT2D eigenvalue weighted by molar-refractivity contribution is 8.00. The summed E-state index contributed by atoms with van der Waals surface area (Å²) in [7, 11) is -3.87. The zero-order valence-electron chi connectivity index (χ0n) is 24.7. The number of amides is 3. The number of thioether (sulfide) groups is 1. The van der Waals surface area contributed by atoms with Gasteiger partial charge < -0.3 is 16.0 Å². The molecule has 236 valence electrons. The van der Waals surface area contributed by atoms with E-state index in [1.54, 1.807) is 73.1 Å². The third-order valence-electron chi connectivity index (χ3n) is 6.66. The first kappa shape index (κ1) is 32.8. The van der Waals surface area contributed by atoms with Crippen molar-refractivity contribution in [3.05, 3.63) is 156 Å². The SMILES string of the molecule is NS(=O)(=O)c1ccc(NC(=O)C(Sc2cccc(NC(=O)/C(=C/c3cccnc3)NC(=O)c3ccccc3)c2)c2ccccc2)cc1. The Balaban J connectivity index is 1.36. The van der Waals surface area contributed by atoms with Crippen molar-refractivity contribution in [2.75, 3.05) is 10.6 Å². The molecule has 3 amide bonds. The number of hydrogen-bond acceptors (Lipinski definition) is 7. The standard InChI is InChI=1S/C35H29N5O5S2/c36-47(44,45)30-18-16-27(17-19-30)38-35(43)32(25-10-3-1-4-11-25)46-29-15-7-14-28(22-29)39-34(42)31(21-24-9-8-20-37-23-24)40-33(41)26-12-5-2-6-13-26/h1-23,32H,(H,38,43)(H,39,42)(H,40,41)(H2,36,44,45)/b31-21-. The van der Waals surface area contributed by atoms with Gasteiger partial charge in [0.15, 0.2) is 0 Å².